The summed E-state index contributed by atoms with van der Waals surface area (Å²) in [5.41, 5.74) is 6.17. The number of anilines is 1. The summed E-state index contributed by atoms with van der Waals surface area (Å²) < 4.78 is 4.91. The van der Waals surface area contributed by atoms with E-state index in [4.69, 9.17) is 22.1 Å². The third-order valence-corrected chi connectivity index (χ3v) is 3.25. The van der Waals surface area contributed by atoms with E-state index < -0.39 is 5.97 Å². The maximum Gasteiger partial charge on any atom is 0.340 e. The minimum Gasteiger partial charge on any atom is -0.452 e. The lowest BCUT2D eigenvalue weighted by atomic mass is 10.1. The quantitative estimate of drug-likeness (QED) is 0.645. The number of carbonyl (C=O) groups is 2. The van der Waals surface area contributed by atoms with Crippen molar-refractivity contribution in [3.63, 3.8) is 0 Å². The molecule has 20 heavy (non-hydrogen) atoms. The van der Waals surface area contributed by atoms with Gasteiger partial charge in [0.15, 0.2) is 6.61 Å². The highest BCUT2D eigenvalue weighted by molar-refractivity contribution is 6.33. The summed E-state index contributed by atoms with van der Waals surface area (Å²) in [5, 5.41) is 2.94. The third-order valence-electron chi connectivity index (χ3n) is 2.94. The number of nitrogen functional groups attached to an aromatic ring is 1. The Morgan fingerprint density at radius 3 is 2.55 bits per heavy atom. The molecule has 0 aliphatic carbocycles. The summed E-state index contributed by atoms with van der Waals surface area (Å²) in [6, 6.07) is 4.48. The molecule has 0 spiro atoms. The molecular weight excluding hydrogens is 280 g/mol. The Balaban J connectivity index is 2.53. The molecule has 0 fully saturated rings. The molecular formula is C14H19ClN2O3. The first-order valence-electron chi connectivity index (χ1n) is 6.32. The van der Waals surface area contributed by atoms with Gasteiger partial charge in [0.2, 0.25) is 0 Å². The van der Waals surface area contributed by atoms with Crippen molar-refractivity contribution in [2.24, 2.45) is 5.92 Å². The molecule has 1 amide bonds. The van der Waals surface area contributed by atoms with Crippen LogP contribution in [-0.2, 0) is 9.53 Å². The van der Waals surface area contributed by atoms with Crippen LogP contribution in [0.25, 0.3) is 0 Å². The van der Waals surface area contributed by atoms with Crippen LogP contribution in [0.4, 0.5) is 5.69 Å². The molecule has 0 saturated heterocycles. The highest BCUT2D eigenvalue weighted by Crippen LogP contribution is 2.19. The van der Waals surface area contributed by atoms with E-state index in [1.165, 1.54) is 12.1 Å². The molecule has 0 heterocycles. The smallest absolute Gasteiger partial charge is 0.340 e. The molecule has 0 bridgehead atoms. The summed E-state index contributed by atoms with van der Waals surface area (Å²) in [6.45, 7) is 5.54. The van der Waals surface area contributed by atoms with E-state index in [0.717, 1.165) is 0 Å². The first-order chi connectivity index (χ1) is 9.31. The molecule has 3 N–H and O–H groups in total. The molecule has 1 unspecified atom stereocenters. The van der Waals surface area contributed by atoms with E-state index in [1.807, 2.05) is 20.8 Å². The van der Waals surface area contributed by atoms with Crippen molar-refractivity contribution >= 4 is 29.2 Å². The molecule has 1 rings (SSSR count). The molecule has 1 aromatic rings. The van der Waals surface area contributed by atoms with Gasteiger partial charge in [-0.05, 0) is 31.0 Å². The largest absolute Gasteiger partial charge is 0.452 e. The molecule has 0 saturated carbocycles. The van der Waals surface area contributed by atoms with Crippen molar-refractivity contribution in [2.45, 2.75) is 26.8 Å². The van der Waals surface area contributed by atoms with Gasteiger partial charge in [0.1, 0.15) is 0 Å². The van der Waals surface area contributed by atoms with Crippen LogP contribution in [0.3, 0.4) is 0 Å². The number of nitrogens with two attached hydrogens (primary N) is 1. The number of nitrogens with one attached hydrogen (secondary N) is 1. The molecule has 1 atom stereocenters. The maximum atomic E-state index is 11.8. The van der Waals surface area contributed by atoms with Gasteiger partial charge in [0.25, 0.3) is 5.91 Å². The molecule has 6 heteroatoms. The van der Waals surface area contributed by atoms with Crippen LogP contribution >= 0.6 is 11.6 Å². The number of rotatable bonds is 5. The van der Waals surface area contributed by atoms with Crippen LogP contribution in [0.5, 0.6) is 0 Å². The van der Waals surface area contributed by atoms with Gasteiger partial charge in [0.05, 0.1) is 10.6 Å². The Hall–Kier alpha value is -1.75. The molecule has 1 aromatic carbocycles. The van der Waals surface area contributed by atoms with Crippen molar-refractivity contribution in [1.82, 2.24) is 5.32 Å². The first kappa shape index (κ1) is 16.3. The van der Waals surface area contributed by atoms with E-state index >= 15 is 0 Å². The zero-order chi connectivity index (χ0) is 15.3. The van der Waals surface area contributed by atoms with Crippen molar-refractivity contribution in [2.75, 3.05) is 12.3 Å². The topological polar surface area (TPSA) is 81.4 Å². The monoisotopic (exact) mass is 298 g/mol. The lowest BCUT2D eigenvalue weighted by Crippen LogP contribution is -2.38. The van der Waals surface area contributed by atoms with Crippen LogP contribution in [0, 0.1) is 5.92 Å². The Morgan fingerprint density at radius 1 is 1.35 bits per heavy atom. The number of amides is 1. The number of hydrogen-bond acceptors (Lipinski definition) is 4. The van der Waals surface area contributed by atoms with Gasteiger partial charge in [-0.1, -0.05) is 25.4 Å². The Morgan fingerprint density at radius 2 is 2.00 bits per heavy atom. The van der Waals surface area contributed by atoms with Crippen molar-refractivity contribution < 1.29 is 14.3 Å². The Labute approximate surface area is 123 Å². The Bertz CT molecular complexity index is 503. The number of hydrogen-bond donors (Lipinski definition) is 2. The zero-order valence-electron chi connectivity index (χ0n) is 11.8. The van der Waals surface area contributed by atoms with E-state index in [1.54, 1.807) is 6.07 Å². The van der Waals surface area contributed by atoms with Crippen LogP contribution < -0.4 is 11.1 Å². The molecule has 0 radical (unpaired) electrons. The van der Waals surface area contributed by atoms with Crippen LogP contribution in [0.15, 0.2) is 18.2 Å². The van der Waals surface area contributed by atoms with Crippen molar-refractivity contribution in [3.8, 4) is 0 Å². The van der Waals surface area contributed by atoms with Crippen LogP contribution in [-0.4, -0.2) is 24.5 Å². The summed E-state index contributed by atoms with van der Waals surface area (Å²) >= 11 is 5.88. The van der Waals surface area contributed by atoms with Gasteiger partial charge in [-0.3, -0.25) is 4.79 Å². The minimum absolute atomic E-state index is 0.0151. The second kappa shape index (κ2) is 7.14. The van der Waals surface area contributed by atoms with E-state index in [-0.39, 0.29) is 29.1 Å². The number of esters is 1. The molecule has 5 nitrogen and oxygen atoms in total. The van der Waals surface area contributed by atoms with E-state index in [2.05, 4.69) is 5.32 Å². The highest BCUT2D eigenvalue weighted by Gasteiger charge is 2.15. The number of halogens is 1. The van der Waals surface area contributed by atoms with Gasteiger partial charge in [-0.15, -0.1) is 0 Å². The lowest BCUT2D eigenvalue weighted by molar-refractivity contribution is -0.125. The summed E-state index contributed by atoms with van der Waals surface area (Å²) in [5.74, 6) is -0.685. The van der Waals surface area contributed by atoms with Crippen molar-refractivity contribution in [1.29, 1.82) is 0 Å². The average molecular weight is 299 g/mol. The van der Waals surface area contributed by atoms with Gasteiger partial charge >= 0.3 is 5.97 Å². The van der Waals surface area contributed by atoms with E-state index in [9.17, 15) is 9.59 Å². The van der Waals surface area contributed by atoms with E-state index in [0.29, 0.717) is 11.6 Å². The zero-order valence-corrected chi connectivity index (χ0v) is 12.5. The van der Waals surface area contributed by atoms with Crippen LogP contribution in [0.2, 0.25) is 5.02 Å². The maximum absolute atomic E-state index is 11.8. The third kappa shape index (κ3) is 4.74. The summed E-state index contributed by atoms with van der Waals surface area (Å²) in [7, 11) is 0. The fourth-order valence-electron chi connectivity index (χ4n) is 1.37. The number of carbonyl (C=O) groups excluding carboxylic acids is 2. The second-order valence-electron chi connectivity index (χ2n) is 4.92. The summed E-state index contributed by atoms with van der Waals surface area (Å²) in [4.78, 5) is 23.4. The molecule has 110 valence electrons. The predicted octanol–water partition coefficient (Wildman–Crippen LogP) is 2.24. The SMILES string of the molecule is CC(C)C(C)NC(=O)COC(=O)c1ccc(N)cc1Cl. The predicted molar refractivity (Wildman–Crippen MR) is 78.6 cm³/mol. The molecule has 0 aromatic heterocycles. The van der Waals surface area contributed by atoms with Gasteiger partial charge in [-0.25, -0.2) is 4.79 Å². The summed E-state index contributed by atoms with van der Waals surface area (Å²) in [6.07, 6.45) is 0. The first-order valence-corrected chi connectivity index (χ1v) is 6.70. The standard InChI is InChI=1S/C14H19ClN2O3/c1-8(2)9(3)17-13(18)7-20-14(19)11-5-4-10(16)6-12(11)15/h4-6,8-9H,7,16H2,1-3H3,(H,17,18). The highest BCUT2D eigenvalue weighted by atomic mass is 35.5. The fourth-order valence-corrected chi connectivity index (χ4v) is 1.63. The number of benzene rings is 1. The lowest BCUT2D eigenvalue weighted by Gasteiger charge is -2.17. The molecule has 0 aliphatic heterocycles. The number of ether oxygens (including phenoxy) is 1. The van der Waals surface area contributed by atoms with Gasteiger partial charge in [-0.2, -0.15) is 0 Å². The second-order valence-corrected chi connectivity index (χ2v) is 5.32. The normalized spacial score (nSPS) is 12.1. The van der Waals surface area contributed by atoms with Gasteiger partial charge < -0.3 is 15.8 Å². The Kier molecular flexibility index (Phi) is 5.82. The molecule has 0 aliphatic rings. The van der Waals surface area contributed by atoms with Gasteiger partial charge in [0, 0.05) is 11.7 Å². The van der Waals surface area contributed by atoms with Crippen LogP contribution in [0.1, 0.15) is 31.1 Å². The van der Waals surface area contributed by atoms with Crippen molar-refractivity contribution in [3.05, 3.63) is 28.8 Å². The fraction of sp³-hybridized carbons (Fsp3) is 0.429. The minimum atomic E-state index is -0.651. The average Bonchev–Trinajstić information content (AvgIpc) is 2.35.